The summed E-state index contributed by atoms with van der Waals surface area (Å²) in [5, 5.41) is 2.19. The number of pyridine rings is 1. The number of aromatic nitrogens is 5. The van der Waals surface area contributed by atoms with Gasteiger partial charge in [-0.3, -0.25) is 0 Å². The molecule has 0 amide bonds. The summed E-state index contributed by atoms with van der Waals surface area (Å²) in [6, 6.07) is 48.3. The van der Waals surface area contributed by atoms with E-state index in [4.69, 9.17) is 19.9 Å². The molecule has 0 bridgehead atoms. The Balaban J connectivity index is 1.21. The molecule has 0 unspecified atom stereocenters. The van der Waals surface area contributed by atoms with Crippen LogP contribution in [0.15, 0.2) is 146 Å². The highest BCUT2D eigenvalue weighted by atomic mass is 15.1. The first-order valence-corrected chi connectivity index (χ1v) is 16.0. The Morgan fingerprint density at radius 2 is 1.09 bits per heavy atom. The molecule has 5 heteroatoms. The minimum absolute atomic E-state index is 0.672. The fourth-order valence-electron chi connectivity index (χ4n) is 6.55. The molecule has 4 heterocycles. The van der Waals surface area contributed by atoms with Gasteiger partial charge in [-0.25, -0.2) is 19.9 Å². The van der Waals surface area contributed by atoms with Gasteiger partial charge >= 0.3 is 0 Å². The molecule has 0 saturated heterocycles. The second-order valence-corrected chi connectivity index (χ2v) is 11.8. The molecule has 1 aliphatic rings. The van der Waals surface area contributed by atoms with Crippen molar-refractivity contribution in [2.75, 3.05) is 0 Å². The highest BCUT2D eigenvalue weighted by Gasteiger charge is 2.19. The van der Waals surface area contributed by atoms with E-state index in [9.17, 15) is 0 Å². The van der Waals surface area contributed by atoms with Crippen LogP contribution < -0.4 is 0 Å². The Kier molecular flexibility index (Phi) is 6.53. The third-order valence-electron chi connectivity index (χ3n) is 8.87. The first-order valence-electron chi connectivity index (χ1n) is 16.0. The van der Waals surface area contributed by atoms with Crippen LogP contribution in [0.25, 0.3) is 84.3 Å². The molecule has 222 valence electrons. The second-order valence-electron chi connectivity index (χ2n) is 11.8. The summed E-state index contributed by atoms with van der Waals surface area (Å²) < 4.78 is 2.23. The highest BCUT2D eigenvalue weighted by molar-refractivity contribution is 6.09. The summed E-state index contributed by atoms with van der Waals surface area (Å²) in [5.41, 5.74) is 10.9. The molecule has 0 N–H and O–H groups in total. The molecule has 47 heavy (non-hydrogen) atoms. The predicted octanol–water partition coefficient (Wildman–Crippen LogP) is 10.1. The number of hydrogen-bond acceptors (Lipinski definition) is 4. The Hall–Kier alpha value is -6.20. The summed E-state index contributed by atoms with van der Waals surface area (Å²) in [5.74, 6) is 1.63. The van der Waals surface area contributed by atoms with Crippen LogP contribution in [0.1, 0.15) is 12.2 Å². The van der Waals surface area contributed by atoms with Gasteiger partial charge in [-0.15, -0.1) is 0 Å². The van der Waals surface area contributed by atoms with Crippen LogP contribution in [0.3, 0.4) is 0 Å². The number of imidazole rings is 1. The average Bonchev–Trinajstić information content (AvgIpc) is 3.54. The number of hydrogen-bond donors (Lipinski definition) is 0. The van der Waals surface area contributed by atoms with E-state index in [0.29, 0.717) is 5.82 Å². The number of allylic oxidation sites excluding steroid dienone is 1. The Bertz CT molecular complexity index is 2460. The van der Waals surface area contributed by atoms with Gasteiger partial charge < -0.3 is 4.57 Å². The summed E-state index contributed by atoms with van der Waals surface area (Å²) in [4.78, 5) is 20.6. The lowest BCUT2D eigenvalue weighted by Crippen LogP contribution is -2.04. The van der Waals surface area contributed by atoms with Crippen LogP contribution in [0, 0.1) is 0 Å². The average molecular weight is 604 g/mol. The fraction of sp³-hybridized carbons (Fsp3) is 0.0476. The molecule has 5 aromatic carbocycles. The molecule has 9 rings (SSSR count). The summed E-state index contributed by atoms with van der Waals surface area (Å²) in [7, 11) is 0. The molecular weight excluding hydrogens is 574 g/mol. The van der Waals surface area contributed by atoms with E-state index in [1.165, 1.54) is 5.56 Å². The number of nitrogens with zero attached hydrogens (tertiary/aromatic N) is 5. The third kappa shape index (κ3) is 4.89. The van der Waals surface area contributed by atoms with Crippen LogP contribution in [0.5, 0.6) is 0 Å². The van der Waals surface area contributed by atoms with Gasteiger partial charge in [-0.2, -0.15) is 0 Å². The summed E-state index contributed by atoms with van der Waals surface area (Å²) >= 11 is 0. The van der Waals surface area contributed by atoms with Crippen molar-refractivity contribution < 1.29 is 0 Å². The minimum Gasteiger partial charge on any atom is -0.309 e. The molecular formula is C42H29N5. The zero-order valence-corrected chi connectivity index (χ0v) is 25.6. The van der Waals surface area contributed by atoms with Gasteiger partial charge in [0.2, 0.25) is 0 Å². The molecule has 0 spiro atoms. The fourth-order valence-corrected chi connectivity index (χ4v) is 6.55. The molecule has 3 aromatic heterocycles. The zero-order valence-electron chi connectivity index (χ0n) is 25.6. The van der Waals surface area contributed by atoms with Crippen molar-refractivity contribution in [1.29, 1.82) is 0 Å². The number of rotatable bonds is 5. The number of fused-ring (bicyclic) bond motifs is 5. The van der Waals surface area contributed by atoms with Gasteiger partial charge in [0.15, 0.2) is 11.5 Å². The molecule has 8 aromatic rings. The van der Waals surface area contributed by atoms with Crippen LogP contribution >= 0.6 is 0 Å². The zero-order chi connectivity index (χ0) is 31.2. The molecule has 1 aliphatic heterocycles. The summed E-state index contributed by atoms with van der Waals surface area (Å²) in [6.07, 6.45) is 5.26. The highest BCUT2D eigenvalue weighted by Crippen LogP contribution is 2.36. The second kappa shape index (κ2) is 11.3. The largest absolute Gasteiger partial charge is 0.309 e. The van der Waals surface area contributed by atoms with E-state index in [-0.39, 0.29) is 0 Å². The number of benzene rings is 5. The third-order valence-corrected chi connectivity index (χ3v) is 8.87. The van der Waals surface area contributed by atoms with E-state index in [1.807, 2.05) is 24.3 Å². The van der Waals surface area contributed by atoms with E-state index >= 15 is 0 Å². The van der Waals surface area contributed by atoms with Crippen LogP contribution in [0.4, 0.5) is 0 Å². The quantitative estimate of drug-likeness (QED) is 0.196. The Morgan fingerprint density at radius 3 is 1.89 bits per heavy atom. The smallest absolute Gasteiger partial charge is 0.161 e. The lowest BCUT2D eigenvalue weighted by molar-refractivity contribution is 0.704. The van der Waals surface area contributed by atoms with Gasteiger partial charge in [0.1, 0.15) is 11.3 Å². The molecule has 0 aliphatic carbocycles. The van der Waals surface area contributed by atoms with Crippen molar-refractivity contribution >= 4 is 28.0 Å². The van der Waals surface area contributed by atoms with Crippen molar-refractivity contribution in [3.05, 3.63) is 151 Å². The van der Waals surface area contributed by atoms with Gasteiger partial charge in [-0.1, -0.05) is 127 Å². The topological polar surface area (TPSA) is 56.5 Å². The van der Waals surface area contributed by atoms with E-state index < -0.39 is 0 Å². The van der Waals surface area contributed by atoms with Crippen molar-refractivity contribution in [2.45, 2.75) is 13.0 Å². The number of aryl methyl sites for hydroxylation is 1. The first kappa shape index (κ1) is 27.1. The van der Waals surface area contributed by atoms with Crippen molar-refractivity contribution in [2.24, 2.45) is 0 Å². The maximum absolute atomic E-state index is 5.28. The van der Waals surface area contributed by atoms with Crippen molar-refractivity contribution in [3.63, 3.8) is 0 Å². The van der Waals surface area contributed by atoms with Crippen molar-refractivity contribution in [3.8, 4) is 56.3 Å². The van der Waals surface area contributed by atoms with Gasteiger partial charge in [0.25, 0.3) is 0 Å². The molecule has 0 atom stereocenters. The predicted molar refractivity (Wildman–Crippen MR) is 191 cm³/mol. The lowest BCUT2D eigenvalue weighted by Gasteiger charge is -2.13. The van der Waals surface area contributed by atoms with E-state index in [0.717, 1.165) is 85.6 Å². The maximum atomic E-state index is 5.28. The van der Waals surface area contributed by atoms with Gasteiger partial charge in [0, 0.05) is 39.6 Å². The Labute approximate surface area is 272 Å². The normalized spacial score (nSPS) is 12.4. The SMILES string of the molecule is C1=Cc2nc3c4ccccc4c(-c4cccc(-c5nc(-c6ccccc6)cc(-c6cccc(-c7ccccc7)c6)n5)c4)nc3n2CC1. The van der Waals surface area contributed by atoms with E-state index in [1.54, 1.807) is 0 Å². The minimum atomic E-state index is 0.672. The molecule has 0 radical (unpaired) electrons. The standard InChI is InChI=1S/C42H29N5/c1-3-13-28(14-4-1)30-17-11-18-31(25-30)37-27-36(29-15-5-2-6-16-29)43-41(44-37)33-20-12-19-32(26-33)39-34-21-7-8-22-35(34)40-42(46-39)47-24-10-9-23-38(47)45-40/h1-9,11-23,25-27H,10,24H2. The summed E-state index contributed by atoms with van der Waals surface area (Å²) in [6.45, 7) is 0.877. The lowest BCUT2D eigenvalue weighted by atomic mass is 10.00. The monoisotopic (exact) mass is 603 g/mol. The van der Waals surface area contributed by atoms with Crippen LogP contribution in [-0.4, -0.2) is 24.5 Å². The first-order chi connectivity index (χ1) is 23.3. The van der Waals surface area contributed by atoms with Crippen LogP contribution in [0.2, 0.25) is 0 Å². The molecule has 0 saturated carbocycles. The molecule has 5 nitrogen and oxygen atoms in total. The Morgan fingerprint density at radius 1 is 0.468 bits per heavy atom. The van der Waals surface area contributed by atoms with Crippen molar-refractivity contribution in [1.82, 2.24) is 24.5 Å². The van der Waals surface area contributed by atoms with Gasteiger partial charge in [0.05, 0.1) is 17.1 Å². The van der Waals surface area contributed by atoms with E-state index in [2.05, 4.69) is 132 Å². The maximum Gasteiger partial charge on any atom is 0.161 e. The van der Waals surface area contributed by atoms with Gasteiger partial charge in [-0.05, 0) is 41.8 Å². The molecule has 0 fully saturated rings. The van der Waals surface area contributed by atoms with Crippen LogP contribution in [-0.2, 0) is 6.54 Å².